The molecular formula is C33H39NO5. The first-order valence-corrected chi connectivity index (χ1v) is 13.3. The summed E-state index contributed by atoms with van der Waals surface area (Å²) in [7, 11) is 0. The van der Waals surface area contributed by atoms with Crippen molar-refractivity contribution in [2.24, 2.45) is 5.41 Å². The molecule has 0 aliphatic heterocycles. The van der Waals surface area contributed by atoms with Crippen LogP contribution in [0.25, 0.3) is 6.08 Å². The summed E-state index contributed by atoms with van der Waals surface area (Å²) in [4.78, 5) is 24.2. The molecule has 0 unspecified atom stereocenters. The minimum Gasteiger partial charge on any atom is -0.493 e. The zero-order chi connectivity index (χ0) is 28.4. The van der Waals surface area contributed by atoms with Gasteiger partial charge in [-0.3, -0.25) is 4.79 Å². The molecule has 3 aromatic carbocycles. The molecule has 0 aliphatic rings. The molecule has 0 fully saturated rings. The van der Waals surface area contributed by atoms with Crippen LogP contribution in [0.4, 0.5) is 5.69 Å². The zero-order valence-corrected chi connectivity index (χ0v) is 23.5. The first-order valence-electron chi connectivity index (χ1n) is 13.3. The molecule has 2 N–H and O–H groups in total. The zero-order valence-electron chi connectivity index (χ0n) is 23.5. The normalized spacial score (nSPS) is 11.7. The molecule has 0 bridgehead atoms. The molecule has 0 spiro atoms. The van der Waals surface area contributed by atoms with E-state index >= 15 is 0 Å². The summed E-state index contributed by atoms with van der Waals surface area (Å²) < 4.78 is 12.1. The van der Waals surface area contributed by atoms with Gasteiger partial charge >= 0.3 is 5.97 Å². The van der Waals surface area contributed by atoms with E-state index in [1.807, 2.05) is 77.1 Å². The van der Waals surface area contributed by atoms with Gasteiger partial charge in [-0.05, 0) is 85.7 Å². The van der Waals surface area contributed by atoms with Crippen LogP contribution in [0.15, 0.2) is 72.3 Å². The van der Waals surface area contributed by atoms with Gasteiger partial charge in [0, 0.05) is 16.7 Å². The first-order chi connectivity index (χ1) is 18.6. The van der Waals surface area contributed by atoms with Crippen molar-refractivity contribution in [3.05, 3.63) is 94.6 Å². The maximum Gasteiger partial charge on any atom is 0.331 e. The Balaban J connectivity index is 1.48. The summed E-state index contributed by atoms with van der Waals surface area (Å²) in [6.45, 7) is 10.7. The number of carbonyl (C=O) groups excluding carboxylic acids is 1. The van der Waals surface area contributed by atoms with E-state index in [2.05, 4.69) is 5.32 Å². The largest absolute Gasteiger partial charge is 0.493 e. The van der Waals surface area contributed by atoms with Gasteiger partial charge in [-0.1, -0.05) is 63.2 Å². The lowest BCUT2D eigenvalue weighted by Gasteiger charge is -2.24. The number of rotatable bonds is 13. The summed E-state index contributed by atoms with van der Waals surface area (Å²) in [5, 5.41) is 12.2. The molecule has 206 valence electrons. The second-order valence-electron chi connectivity index (χ2n) is 10.4. The molecule has 3 rings (SSSR count). The molecule has 0 aromatic heterocycles. The maximum absolute atomic E-state index is 12.9. The van der Waals surface area contributed by atoms with Crippen molar-refractivity contribution in [1.29, 1.82) is 0 Å². The third kappa shape index (κ3) is 8.74. The molecule has 0 saturated heterocycles. The second-order valence-corrected chi connectivity index (χ2v) is 10.4. The molecule has 0 atom stereocenters. The smallest absolute Gasteiger partial charge is 0.331 e. The van der Waals surface area contributed by atoms with E-state index in [-0.39, 0.29) is 5.91 Å². The number of carboxylic acid groups (broad SMARTS) is 1. The fourth-order valence-electron chi connectivity index (χ4n) is 4.10. The molecule has 39 heavy (non-hydrogen) atoms. The van der Waals surface area contributed by atoms with E-state index < -0.39 is 11.4 Å². The number of aliphatic carboxylic acids is 1. The van der Waals surface area contributed by atoms with E-state index in [4.69, 9.17) is 9.47 Å². The lowest BCUT2D eigenvalue weighted by Crippen LogP contribution is -2.31. The van der Waals surface area contributed by atoms with Crippen LogP contribution in [0.5, 0.6) is 11.5 Å². The predicted octanol–water partition coefficient (Wildman–Crippen LogP) is 7.58. The Kier molecular flexibility index (Phi) is 10.3. The lowest BCUT2D eigenvalue weighted by molar-refractivity contribution is -0.132. The van der Waals surface area contributed by atoms with Crippen LogP contribution >= 0.6 is 0 Å². The third-order valence-electron chi connectivity index (χ3n) is 6.69. The van der Waals surface area contributed by atoms with Crippen molar-refractivity contribution < 1.29 is 24.2 Å². The first kappa shape index (κ1) is 29.5. The topological polar surface area (TPSA) is 84.9 Å². The molecule has 0 radical (unpaired) electrons. The fourth-order valence-corrected chi connectivity index (χ4v) is 4.10. The van der Waals surface area contributed by atoms with Crippen LogP contribution in [0, 0.1) is 19.3 Å². The highest BCUT2D eigenvalue weighted by molar-refractivity contribution is 5.95. The van der Waals surface area contributed by atoms with Crippen LogP contribution in [0.1, 0.15) is 62.3 Å². The number of benzene rings is 3. The predicted molar refractivity (Wildman–Crippen MR) is 156 cm³/mol. The minimum atomic E-state index is -0.921. The van der Waals surface area contributed by atoms with Crippen molar-refractivity contribution in [3.8, 4) is 11.5 Å². The van der Waals surface area contributed by atoms with Crippen LogP contribution in [0.2, 0.25) is 0 Å². The van der Waals surface area contributed by atoms with Gasteiger partial charge in [0.05, 0.1) is 6.61 Å². The van der Waals surface area contributed by atoms with E-state index in [0.29, 0.717) is 37.3 Å². The summed E-state index contributed by atoms with van der Waals surface area (Å²) in [6, 6.07) is 21.3. The Bertz CT molecular complexity index is 1290. The van der Waals surface area contributed by atoms with Crippen molar-refractivity contribution in [3.63, 3.8) is 0 Å². The number of amides is 1. The van der Waals surface area contributed by atoms with Crippen molar-refractivity contribution in [2.75, 3.05) is 11.9 Å². The van der Waals surface area contributed by atoms with E-state index in [0.717, 1.165) is 40.2 Å². The molecule has 0 aliphatic carbocycles. The summed E-state index contributed by atoms with van der Waals surface area (Å²) >= 11 is 0. The quantitative estimate of drug-likeness (QED) is 0.176. The average molecular weight is 530 g/mol. The SMILES string of the molecule is CC/C(=C\c1ccc(NC(=O)C(C)(C)CCCOc2cc(C)c(OCc3ccccc3)cc2C)cc1)C(=O)O. The van der Waals surface area contributed by atoms with Gasteiger partial charge in [0.15, 0.2) is 0 Å². The van der Waals surface area contributed by atoms with Crippen LogP contribution in [0.3, 0.4) is 0 Å². The van der Waals surface area contributed by atoms with Gasteiger partial charge < -0.3 is 19.9 Å². The van der Waals surface area contributed by atoms with Crippen molar-refractivity contribution in [2.45, 2.75) is 60.5 Å². The molecule has 3 aromatic rings. The number of carbonyl (C=O) groups is 2. The van der Waals surface area contributed by atoms with E-state index in [1.165, 1.54) is 0 Å². The monoisotopic (exact) mass is 529 g/mol. The fraction of sp³-hybridized carbons (Fsp3) is 0.333. The van der Waals surface area contributed by atoms with E-state index in [9.17, 15) is 14.7 Å². The Morgan fingerprint density at radius 3 is 2.13 bits per heavy atom. The number of nitrogens with one attached hydrogen (secondary N) is 1. The minimum absolute atomic E-state index is 0.0717. The Morgan fingerprint density at radius 1 is 0.923 bits per heavy atom. The number of hydrogen-bond donors (Lipinski definition) is 2. The summed E-state index contributed by atoms with van der Waals surface area (Å²) in [6.07, 6.45) is 3.48. The lowest BCUT2D eigenvalue weighted by atomic mass is 9.87. The summed E-state index contributed by atoms with van der Waals surface area (Å²) in [5.74, 6) is 0.677. The molecule has 0 saturated carbocycles. The highest BCUT2D eigenvalue weighted by Crippen LogP contribution is 2.30. The number of hydrogen-bond acceptors (Lipinski definition) is 4. The Morgan fingerprint density at radius 2 is 1.54 bits per heavy atom. The third-order valence-corrected chi connectivity index (χ3v) is 6.69. The van der Waals surface area contributed by atoms with Gasteiger partial charge in [-0.2, -0.15) is 0 Å². The van der Waals surface area contributed by atoms with Gasteiger partial charge in [0.1, 0.15) is 18.1 Å². The number of carboxylic acids is 1. The molecule has 6 heteroatoms. The van der Waals surface area contributed by atoms with Gasteiger partial charge in [0.25, 0.3) is 0 Å². The highest BCUT2D eigenvalue weighted by Gasteiger charge is 2.27. The Hall–Kier alpha value is -4.06. The van der Waals surface area contributed by atoms with Crippen molar-refractivity contribution in [1.82, 2.24) is 0 Å². The maximum atomic E-state index is 12.9. The molecule has 0 heterocycles. The van der Waals surface area contributed by atoms with Crippen molar-refractivity contribution >= 4 is 23.6 Å². The van der Waals surface area contributed by atoms with Gasteiger partial charge in [0.2, 0.25) is 5.91 Å². The molecular weight excluding hydrogens is 490 g/mol. The van der Waals surface area contributed by atoms with Crippen LogP contribution < -0.4 is 14.8 Å². The highest BCUT2D eigenvalue weighted by atomic mass is 16.5. The second kappa shape index (κ2) is 13.7. The standard InChI is InChI=1S/C33H39NO5/c1-6-27(31(35)36)21-25-13-15-28(16-14-25)34-32(37)33(4,5)17-10-18-38-29-19-24(3)30(20-23(29)2)39-22-26-11-8-7-9-12-26/h7-9,11-16,19-21H,6,10,17-18,22H2,1-5H3,(H,34,37)(H,35,36)/b27-21+. The number of aryl methyl sites for hydroxylation is 2. The summed E-state index contributed by atoms with van der Waals surface area (Å²) in [5.41, 5.74) is 4.36. The van der Waals surface area contributed by atoms with E-state index in [1.54, 1.807) is 30.3 Å². The molecule has 1 amide bonds. The number of ether oxygens (including phenoxy) is 2. The van der Waals surface area contributed by atoms with Crippen LogP contribution in [-0.2, 0) is 16.2 Å². The van der Waals surface area contributed by atoms with Gasteiger partial charge in [-0.15, -0.1) is 0 Å². The van der Waals surface area contributed by atoms with Gasteiger partial charge in [-0.25, -0.2) is 4.79 Å². The van der Waals surface area contributed by atoms with Crippen LogP contribution in [-0.4, -0.2) is 23.6 Å². The molecule has 6 nitrogen and oxygen atoms in total. The number of anilines is 1. The average Bonchev–Trinajstić information content (AvgIpc) is 2.91. The Labute approximate surface area is 231 Å².